The van der Waals surface area contributed by atoms with Crippen molar-refractivity contribution in [1.29, 1.82) is 0 Å². The Balaban J connectivity index is 2.24. The minimum Gasteiger partial charge on any atom is -0.493 e. The van der Waals surface area contributed by atoms with Crippen molar-refractivity contribution < 1.29 is 28.5 Å². The third-order valence-corrected chi connectivity index (χ3v) is 3.44. The number of hydrogen-bond acceptors (Lipinski definition) is 6. The molecule has 0 aliphatic carbocycles. The highest BCUT2D eigenvalue weighted by atomic mass is 16.5. The molecule has 0 bridgehead atoms. The summed E-state index contributed by atoms with van der Waals surface area (Å²) in [6.07, 6.45) is 0.755. The number of rotatable bonds is 8. The van der Waals surface area contributed by atoms with E-state index < -0.39 is 0 Å². The number of hydrogen-bond donors (Lipinski definition) is 0. The highest BCUT2D eigenvalue weighted by molar-refractivity contribution is 5.76. The van der Waals surface area contributed by atoms with Crippen molar-refractivity contribution in [2.24, 2.45) is 0 Å². The Labute approximate surface area is 140 Å². The lowest BCUT2D eigenvalue weighted by Gasteiger charge is -2.15. The van der Waals surface area contributed by atoms with Crippen LogP contribution in [-0.4, -0.2) is 34.7 Å². The summed E-state index contributed by atoms with van der Waals surface area (Å²) in [5, 5.41) is 0. The summed E-state index contributed by atoms with van der Waals surface area (Å²) in [5.41, 5.74) is 1.36. The van der Waals surface area contributed by atoms with Gasteiger partial charge in [0.15, 0.2) is 23.0 Å². The van der Waals surface area contributed by atoms with Crippen LogP contribution >= 0.6 is 0 Å². The molecule has 0 aromatic heterocycles. The molecule has 0 fully saturated rings. The van der Waals surface area contributed by atoms with E-state index in [-0.39, 0.29) is 6.61 Å². The Morgan fingerprint density at radius 1 is 0.792 bits per heavy atom. The van der Waals surface area contributed by atoms with Gasteiger partial charge >= 0.3 is 0 Å². The molecule has 0 atom stereocenters. The lowest BCUT2D eigenvalue weighted by atomic mass is 10.2. The fourth-order valence-electron chi connectivity index (χ4n) is 2.26. The van der Waals surface area contributed by atoms with Gasteiger partial charge in [-0.3, -0.25) is 4.79 Å². The molecule has 0 amide bonds. The van der Waals surface area contributed by atoms with Crippen LogP contribution in [0.4, 0.5) is 0 Å². The van der Waals surface area contributed by atoms with Crippen LogP contribution in [0.15, 0.2) is 30.3 Å². The van der Waals surface area contributed by atoms with Crippen LogP contribution in [0.25, 0.3) is 0 Å². The van der Waals surface area contributed by atoms with Gasteiger partial charge in [-0.05, 0) is 35.9 Å². The highest BCUT2D eigenvalue weighted by Gasteiger charge is 2.14. The summed E-state index contributed by atoms with van der Waals surface area (Å²) in [6, 6.07) is 8.61. The Morgan fingerprint density at radius 3 is 1.92 bits per heavy atom. The van der Waals surface area contributed by atoms with Crippen LogP contribution in [-0.2, 0) is 6.61 Å². The maximum Gasteiger partial charge on any atom is 0.203 e. The van der Waals surface area contributed by atoms with Gasteiger partial charge in [0, 0.05) is 5.56 Å². The van der Waals surface area contributed by atoms with Gasteiger partial charge in [-0.1, -0.05) is 0 Å². The molecular formula is C18H20O6. The summed E-state index contributed by atoms with van der Waals surface area (Å²) in [6.45, 7) is 0.271. The molecule has 2 aromatic carbocycles. The normalized spacial score (nSPS) is 10.0. The van der Waals surface area contributed by atoms with Gasteiger partial charge in [0.2, 0.25) is 5.75 Å². The highest BCUT2D eigenvalue weighted by Crippen LogP contribution is 2.38. The number of benzene rings is 2. The molecule has 24 heavy (non-hydrogen) atoms. The lowest BCUT2D eigenvalue weighted by molar-refractivity contribution is 0.112. The van der Waals surface area contributed by atoms with Crippen molar-refractivity contribution >= 4 is 6.29 Å². The minimum atomic E-state index is 0.271. The van der Waals surface area contributed by atoms with E-state index >= 15 is 0 Å². The summed E-state index contributed by atoms with van der Waals surface area (Å²) >= 11 is 0. The lowest BCUT2D eigenvalue weighted by Crippen LogP contribution is -2.01. The molecule has 128 valence electrons. The molecular weight excluding hydrogens is 312 g/mol. The summed E-state index contributed by atoms with van der Waals surface area (Å²) in [5.74, 6) is 2.66. The van der Waals surface area contributed by atoms with Crippen LogP contribution in [0.1, 0.15) is 15.9 Å². The van der Waals surface area contributed by atoms with Gasteiger partial charge < -0.3 is 23.7 Å². The van der Waals surface area contributed by atoms with E-state index in [9.17, 15) is 4.79 Å². The zero-order valence-electron chi connectivity index (χ0n) is 14.1. The number of ether oxygens (including phenoxy) is 5. The second-order valence-corrected chi connectivity index (χ2v) is 4.85. The van der Waals surface area contributed by atoms with E-state index in [2.05, 4.69) is 0 Å². The molecule has 2 rings (SSSR count). The number of carbonyl (C=O) groups excluding carboxylic acids is 1. The SMILES string of the molecule is COc1cc(C=O)ccc1OCc1cc(OC)c(OC)c(OC)c1. The maximum absolute atomic E-state index is 10.8. The minimum absolute atomic E-state index is 0.271. The summed E-state index contributed by atoms with van der Waals surface area (Å²) in [7, 11) is 6.19. The van der Waals surface area contributed by atoms with Gasteiger partial charge in [-0.25, -0.2) is 0 Å². The first-order valence-electron chi connectivity index (χ1n) is 7.21. The first-order chi connectivity index (χ1) is 11.7. The molecule has 6 nitrogen and oxygen atoms in total. The molecule has 0 unspecified atom stereocenters. The Hall–Kier alpha value is -2.89. The number of carbonyl (C=O) groups is 1. The van der Waals surface area contributed by atoms with Crippen LogP contribution in [0.2, 0.25) is 0 Å². The fraction of sp³-hybridized carbons (Fsp3) is 0.278. The molecule has 0 saturated carbocycles. The van der Waals surface area contributed by atoms with Gasteiger partial charge in [-0.2, -0.15) is 0 Å². The first kappa shape index (κ1) is 17.5. The molecule has 0 N–H and O–H groups in total. The molecule has 6 heteroatoms. The quantitative estimate of drug-likeness (QED) is 0.692. The van der Waals surface area contributed by atoms with Crippen LogP contribution in [0, 0.1) is 0 Å². The maximum atomic E-state index is 10.8. The Morgan fingerprint density at radius 2 is 1.42 bits per heavy atom. The van der Waals surface area contributed by atoms with E-state index in [1.807, 2.05) is 12.1 Å². The smallest absolute Gasteiger partial charge is 0.203 e. The van der Waals surface area contributed by atoms with Crippen LogP contribution in [0.5, 0.6) is 28.7 Å². The molecule has 0 aliphatic rings. The average molecular weight is 332 g/mol. The second kappa shape index (κ2) is 8.10. The predicted octanol–water partition coefficient (Wildman–Crippen LogP) is 3.11. The average Bonchev–Trinajstić information content (AvgIpc) is 2.64. The Kier molecular flexibility index (Phi) is 5.89. The summed E-state index contributed by atoms with van der Waals surface area (Å²) < 4.78 is 27.0. The van der Waals surface area contributed by atoms with Crippen molar-refractivity contribution in [2.45, 2.75) is 6.61 Å². The zero-order valence-corrected chi connectivity index (χ0v) is 14.1. The van der Waals surface area contributed by atoms with Crippen LogP contribution in [0.3, 0.4) is 0 Å². The zero-order chi connectivity index (χ0) is 17.5. The first-order valence-corrected chi connectivity index (χ1v) is 7.21. The van der Waals surface area contributed by atoms with Gasteiger partial charge in [0.1, 0.15) is 12.9 Å². The monoisotopic (exact) mass is 332 g/mol. The van der Waals surface area contributed by atoms with Crippen molar-refractivity contribution in [2.75, 3.05) is 28.4 Å². The van der Waals surface area contributed by atoms with E-state index in [1.165, 1.54) is 7.11 Å². The van der Waals surface area contributed by atoms with Crippen molar-refractivity contribution in [3.8, 4) is 28.7 Å². The van der Waals surface area contributed by atoms with Crippen molar-refractivity contribution in [3.63, 3.8) is 0 Å². The van der Waals surface area contributed by atoms with Crippen molar-refractivity contribution in [3.05, 3.63) is 41.5 Å². The standard InChI is InChI=1S/C18H20O6/c1-20-15-7-12(10-19)5-6-14(15)24-11-13-8-16(21-2)18(23-4)17(9-13)22-3/h5-10H,11H2,1-4H3. The van der Waals surface area contributed by atoms with E-state index in [4.69, 9.17) is 23.7 Å². The second-order valence-electron chi connectivity index (χ2n) is 4.85. The number of aldehydes is 1. The molecule has 0 saturated heterocycles. The van der Waals surface area contributed by atoms with E-state index in [0.717, 1.165) is 11.8 Å². The molecule has 2 aromatic rings. The molecule has 0 heterocycles. The van der Waals surface area contributed by atoms with Gasteiger partial charge in [-0.15, -0.1) is 0 Å². The molecule has 0 radical (unpaired) electrons. The van der Waals surface area contributed by atoms with Crippen molar-refractivity contribution in [1.82, 2.24) is 0 Å². The third-order valence-electron chi connectivity index (χ3n) is 3.44. The molecule has 0 spiro atoms. The van der Waals surface area contributed by atoms with Crippen LogP contribution < -0.4 is 23.7 Å². The van der Waals surface area contributed by atoms with E-state index in [0.29, 0.717) is 34.3 Å². The summed E-state index contributed by atoms with van der Waals surface area (Å²) in [4.78, 5) is 10.8. The largest absolute Gasteiger partial charge is 0.493 e. The third kappa shape index (κ3) is 3.71. The van der Waals surface area contributed by atoms with Gasteiger partial charge in [0.05, 0.1) is 28.4 Å². The van der Waals surface area contributed by atoms with Gasteiger partial charge in [0.25, 0.3) is 0 Å². The topological polar surface area (TPSA) is 63.2 Å². The predicted molar refractivity (Wildman–Crippen MR) is 88.8 cm³/mol. The van der Waals surface area contributed by atoms with E-state index in [1.54, 1.807) is 39.5 Å². The fourth-order valence-corrected chi connectivity index (χ4v) is 2.26. The molecule has 0 aliphatic heterocycles. The number of methoxy groups -OCH3 is 4. The Bertz CT molecular complexity index is 686.